The molecule has 0 aromatic heterocycles. The fourth-order valence-corrected chi connectivity index (χ4v) is 1.54. The summed E-state index contributed by atoms with van der Waals surface area (Å²) in [6.45, 7) is 0. The quantitative estimate of drug-likeness (QED) is 0.835. The van der Waals surface area contributed by atoms with Gasteiger partial charge in [0.1, 0.15) is 11.3 Å². The third-order valence-electron chi connectivity index (χ3n) is 1.26. The smallest absolute Gasteiger partial charge is 0.339 e. The van der Waals surface area contributed by atoms with Crippen molar-refractivity contribution in [1.82, 2.24) is 0 Å². The summed E-state index contributed by atoms with van der Waals surface area (Å²) < 4.78 is 0.271. The van der Waals surface area contributed by atoms with Gasteiger partial charge in [-0.3, -0.25) is 0 Å². The van der Waals surface area contributed by atoms with E-state index < -0.39 is 5.97 Å². The maximum absolute atomic E-state index is 10.5. The molecule has 1 aromatic rings. The Morgan fingerprint density at radius 1 is 1.46 bits per heavy atom. The molecule has 0 unspecified atom stereocenters. The van der Waals surface area contributed by atoms with Gasteiger partial charge in [0.05, 0.1) is 4.47 Å². The Labute approximate surface area is 93.9 Å². The number of carboxylic acid groups (broad SMARTS) is 1. The molecule has 0 aliphatic carbocycles. The molecule has 0 amide bonds. The topological polar surface area (TPSA) is 57.5 Å². The number of carbonyl (C=O) groups is 1. The van der Waals surface area contributed by atoms with Crippen LogP contribution in [0.5, 0.6) is 5.75 Å². The van der Waals surface area contributed by atoms with Crippen LogP contribution in [0.4, 0.5) is 0 Å². The average Bonchev–Trinajstić information content (AvgIpc) is 1.96. The Kier molecular flexibility index (Phi) is 4.53. The molecule has 0 bridgehead atoms. The average molecular weight is 288 g/mol. The molecule has 0 fully saturated rings. The molecule has 0 atom stereocenters. The predicted octanol–water partition coefficient (Wildman–Crippen LogP) is 2.93. The maximum atomic E-state index is 10.5. The van der Waals surface area contributed by atoms with Gasteiger partial charge in [-0.15, -0.1) is 12.4 Å². The third-order valence-corrected chi connectivity index (χ3v) is 2.08. The van der Waals surface area contributed by atoms with Crippen LogP contribution in [0.2, 0.25) is 5.02 Å². The zero-order chi connectivity index (χ0) is 9.30. The van der Waals surface area contributed by atoms with Crippen molar-refractivity contribution in [3.63, 3.8) is 0 Å². The summed E-state index contributed by atoms with van der Waals surface area (Å²) in [5.41, 5.74) is -0.214. The molecule has 3 nitrogen and oxygen atoms in total. The second kappa shape index (κ2) is 4.69. The number of carboxylic acids is 1. The highest BCUT2D eigenvalue weighted by Crippen LogP contribution is 2.31. The van der Waals surface area contributed by atoms with Gasteiger partial charge in [0.2, 0.25) is 0 Å². The van der Waals surface area contributed by atoms with Crippen molar-refractivity contribution in [3.05, 3.63) is 27.2 Å². The fraction of sp³-hybridized carbons (Fsp3) is 0. The van der Waals surface area contributed by atoms with E-state index in [1.54, 1.807) is 0 Å². The largest absolute Gasteiger partial charge is 0.506 e. The Morgan fingerprint density at radius 2 is 2.00 bits per heavy atom. The number of rotatable bonds is 1. The molecule has 6 heteroatoms. The predicted molar refractivity (Wildman–Crippen MR) is 55.0 cm³/mol. The molecule has 1 rings (SSSR count). The van der Waals surface area contributed by atoms with Gasteiger partial charge in [-0.2, -0.15) is 0 Å². The number of benzene rings is 1. The van der Waals surface area contributed by atoms with Crippen LogP contribution >= 0.6 is 39.9 Å². The summed E-state index contributed by atoms with van der Waals surface area (Å²) in [5, 5.41) is 18.0. The maximum Gasteiger partial charge on any atom is 0.339 e. The van der Waals surface area contributed by atoms with Crippen molar-refractivity contribution in [2.75, 3.05) is 0 Å². The third kappa shape index (κ3) is 2.76. The molecule has 0 saturated carbocycles. The second-order valence-corrected chi connectivity index (χ2v) is 3.38. The van der Waals surface area contributed by atoms with E-state index in [2.05, 4.69) is 15.9 Å². The van der Waals surface area contributed by atoms with Gasteiger partial charge < -0.3 is 10.2 Å². The molecular weight excluding hydrogens is 283 g/mol. The minimum absolute atomic E-state index is 0. The molecule has 0 heterocycles. The van der Waals surface area contributed by atoms with Crippen LogP contribution in [0.1, 0.15) is 10.4 Å². The first-order chi connectivity index (χ1) is 5.52. The molecular formula is C7H5BrCl2O3. The highest BCUT2D eigenvalue weighted by Gasteiger charge is 2.13. The Hall–Kier alpha value is -0.450. The monoisotopic (exact) mass is 286 g/mol. The number of aromatic carboxylic acids is 1. The van der Waals surface area contributed by atoms with Crippen LogP contribution in [0, 0.1) is 0 Å². The Morgan fingerprint density at radius 3 is 2.46 bits per heavy atom. The highest BCUT2D eigenvalue weighted by molar-refractivity contribution is 9.10. The van der Waals surface area contributed by atoms with Crippen LogP contribution in [-0.4, -0.2) is 16.2 Å². The lowest BCUT2D eigenvalue weighted by atomic mass is 10.2. The van der Waals surface area contributed by atoms with Crippen molar-refractivity contribution in [3.8, 4) is 5.75 Å². The minimum Gasteiger partial charge on any atom is -0.506 e. The zero-order valence-corrected chi connectivity index (χ0v) is 9.28. The van der Waals surface area contributed by atoms with E-state index in [0.29, 0.717) is 0 Å². The summed E-state index contributed by atoms with van der Waals surface area (Å²) in [5.74, 6) is -1.53. The number of phenols is 1. The molecule has 0 aliphatic rings. The lowest BCUT2D eigenvalue weighted by Crippen LogP contribution is -1.96. The van der Waals surface area contributed by atoms with Gasteiger partial charge in [-0.25, -0.2) is 4.79 Å². The van der Waals surface area contributed by atoms with Gasteiger partial charge in [0.15, 0.2) is 0 Å². The van der Waals surface area contributed by atoms with E-state index in [-0.39, 0.29) is 33.2 Å². The fourth-order valence-electron chi connectivity index (χ4n) is 0.729. The van der Waals surface area contributed by atoms with Gasteiger partial charge in [0.25, 0.3) is 0 Å². The molecule has 13 heavy (non-hydrogen) atoms. The summed E-state index contributed by atoms with van der Waals surface area (Å²) >= 11 is 8.53. The lowest BCUT2D eigenvalue weighted by molar-refractivity contribution is 0.0693. The number of hydrogen-bond acceptors (Lipinski definition) is 2. The van der Waals surface area contributed by atoms with Crippen molar-refractivity contribution >= 4 is 45.9 Å². The van der Waals surface area contributed by atoms with E-state index in [9.17, 15) is 9.90 Å². The van der Waals surface area contributed by atoms with Crippen molar-refractivity contribution in [2.45, 2.75) is 0 Å². The van der Waals surface area contributed by atoms with Crippen LogP contribution in [0.15, 0.2) is 16.6 Å². The first-order valence-electron chi connectivity index (χ1n) is 2.93. The molecule has 72 valence electrons. The Balaban J connectivity index is 0.00000144. The first-order valence-corrected chi connectivity index (χ1v) is 4.10. The normalized spacial score (nSPS) is 9.08. The summed E-state index contributed by atoms with van der Waals surface area (Å²) in [6, 6.07) is 2.60. The summed E-state index contributed by atoms with van der Waals surface area (Å²) in [6.07, 6.45) is 0. The van der Waals surface area contributed by atoms with Gasteiger partial charge in [0, 0.05) is 5.02 Å². The molecule has 0 aliphatic heterocycles. The van der Waals surface area contributed by atoms with E-state index in [1.807, 2.05) is 0 Å². The van der Waals surface area contributed by atoms with E-state index >= 15 is 0 Å². The number of hydrogen-bond donors (Lipinski definition) is 2. The van der Waals surface area contributed by atoms with Gasteiger partial charge in [-0.05, 0) is 28.1 Å². The van der Waals surface area contributed by atoms with E-state index in [1.165, 1.54) is 12.1 Å². The van der Waals surface area contributed by atoms with Crippen LogP contribution < -0.4 is 0 Å². The summed E-state index contributed by atoms with van der Waals surface area (Å²) in [7, 11) is 0. The van der Waals surface area contributed by atoms with Crippen molar-refractivity contribution in [1.29, 1.82) is 0 Å². The highest BCUT2D eigenvalue weighted by atomic mass is 79.9. The van der Waals surface area contributed by atoms with E-state index in [4.69, 9.17) is 16.7 Å². The van der Waals surface area contributed by atoms with Gasteiger partial charge in [-0.1, -0.05) is 11.6 Å². The SMILES string of the molecule is Cl.O=C(O)c1cc(Cl)cc(Br)c1O. The van der Waals surface area contributed by atoms with Crippen LogP contribution in [-0.2, 0) is 0 Å². The molecule has 2 N–H and O–H groups in total. The van der Waals surface area contributed by atoms with Crippen LogP contribution in [0.25, 0.3) is 0 Å². The molecule has 0 saturated heterocycles. The van der Waals surface area contributed by atoms with Crippen LogP contribution in [0.3, 0.4) is 0 Å². The number of halogens is 3. The lowest BCUT2D eigenvalue weighted by Gasteiger charge is -2.01. The van der Waals surface area contributed by atoms with Gasteiger partial charge >= 0.3 is 5.97 Å². The first kappa shape index (κ1) is 12.6. The molecule has 1 aromatic carbocycles. The Bertz CT molecular complexity index is 341. The minimum atomic E-state index is -1.21. The molecule has 0 radical (unpaired) electrons. The number of aromatic hydroxyl groups is 1. The zero-order valence-electron chi connectivity index (χ0n) is 6.12. The second-order valence-electron chi connectivity index (χ2n) is 2.09. The standard InChI is InChI=1S/C7H4BrClO3.ClH/c8-5-2-3(9)1-4(6(5)10)7(11)12;/h1-2,10H,(H,11,12);1H. The van der Waals surface area contributed by atoms with E-state index in [0.717, 1.165) is 0 Å². The molecule has 0 spiro atoms. The van der Waals surface area contributed by atoms with Crippen molar-refractivity contribution in [2.24, 2.45) is 0 Å². The van der Waals surface area contributed by atoms with Crippen molar-refractivity contribution < 1.29 is 15.0 Å². The summed E-state index contributed by atoms with van der Waals surface area (Å²) in [4.78, 5) is 10.5.